The highest BCUT2D eigenvalue weighted by atomic mass is 16.5. The molecule has 0 aromatic heterocycles. The van der Waals surface area contributed by atoms with Gasteiger partial charge in [-0.25, -0.2) is 0 Å². The van der Waals surface area contributed by atoms with Crippen LogP contribution in [0.4, 0.5) is 5.69 Å². The van der Waals surface area contributed by atoms with Gasteiger partial charge in [0.1, 0.15) is 5.75 Å². The number of allylic oxidation sites excluding steroid dienone is 1. The minimum absolute atomic E-state index is 0.448. The Morgan fingerprint density at radius 2 is 1.52 bits per heavy atom. The van der Waals surface area contributed by atoms with Gasteiger partial charge in [-0.15, -0.1) is 0 Å². The summed E-state index contributed by atoms with van der Waals surface area (Å²) in [5.41, 5.74) is 8.27. The minimum Gasteiger partial charge on any atom is -0.495 e. The molecular formula is C19H20N2O4. The van der Waals surface area contributed by atoms with Crippen molar-refractivity contribution in [3.05, 3.63) is 41.5 Å². The fourth-order valence-electron chi connectivity index (χ4n) is 2.43. The van der Waals surface area contributed by atoms with Crippen molar-refractivity contribution in [1.29, 1.82) is 5.26 Å². The van der Waals surface area contributed by atoms with E-state index in [1.807, 2.05) is 0 Å². The van der Waals surface area contributed by atoms with E-state index in [0.29, 0.717) is 39.8 Å². The smallest absolute Gasteiger partial charge is 0.203 e. The Bertz CT molecular complexity index is 813. The lowest BCUT2D eigenvalue weighted by Crippen LogP contribution is -1.96. The van der Waals surface area contributed by atoms with Gasteiger partial charge in [0.2, 0.25) is 5.75 Å². The number of hydrogen-bond acceptors (Lipinski definition) is 6. The number of benzene rings is 2. The third-order valence-corrected chi connectivity index (χ3v) is 3.66. The van der Waals surface area contributed by atoms with Gasteiger partial charge < -0.3 is 24.7 Å². The first-order valence-corrected chi connectivity index (χ1v) is 7.43. The van der Waals surface area contributed by atoms with Crippen LogP contribution in [0.5, 0.6) is 23.0 Å². The first kappa shape index (κ1) is 18.0. The first-order chi connectivity index (χ1) is 12.1. The zero-order chi connectivity index (χ0) is 18.4. The van der Waals surface area contributed by atoms with E-state index in [1.54, 1.807) is 57.7 Å². The van der Waals surface area contributed by atoms with E-state index in [0.717, 1.165) is 5.56 Å². The molecule has 0 bridgehead atoms. The summed E-state index contributed by atoms with van der Waals surface area (Å²) >= 11 is 0. The lowest BCUT2D eigenvalue weighted by atomic mass is 10.0. The third-order valence-electron chi connectivity index (χ3n) is 3.66. The van der Waals surface area contributed by atoms with Crippen molar-refractivity contribution in [2.75, 3.05) is 34.2 Å². The minimum atomic E-state index is 0.448. The molecule has 2 aromatic carbocycles. The van der Waals surface area contributed by atoms with Gasteiger partial charge in [-0.1, -0.05) is 0 Å². The van der Waals surface area contributed by atoms with Crippen LogP contribution < -0.4 is 24.7 Å². The van der Waals surface area contributed by atoms with E-state index in [2.05, 4.69) is 6.07 Å². The van der Waals surface area contributed by atoms with E-state index < -0.39 is 0 Å². The maximum absolute atomic E-state index is 9.53. The molecule has 0 atom stereocenters. The van der Waals surface area contributed by atoms with Gasteiger partial charge in [-0.2, -0.15) is 5.26 Å². The molecule has 0 fully saturated rings. The molecule has 6 nitrogen and oxygen atoms in total. The van der Waals surface area contributed by atoms with Gasteiger partial charge in [0.15, 0.2) is 11.5 Å². The molecular weight excluding hydrogens is 320 g/mol. The number of nitrogens with two attached hydrogens (primary N) is 1. The molecule has 0 aliphatic rings. The van der Waals surface area contributed by atoms with Crippen molar-refractivity contribution >= 4 is 17.3 Å². The Labute approximate surface area is 147 Å². The van der Waals surface area contributed by atoms with Crippen LogP contribution in [-0.2, 0) is 0 Å². The Morgan fingerprint density at radius 1 is 0.920 bits per heavy atom. The zero-order valence-corrected chi connectivity index (χ0v) is 14.6. The van der Waals surface area contributed by atoms with Crippen LogP contribution in [0.25, 0.3) is 11.6 Å². The molecule has 0 saturated heterocycles. The van der Waals surface area contributed by atoms with Crippen LogP contribution in [0.15, 0.2) is 30.3 Å². The van der Waals surface area contributed by atoms with Gasteiger partial charge in [-0.3, -0.25) is 0 Å². The molecule has 0 amide bonds. The van der Waals surface area contributed by atoms with Crippen molar-refractivity contribution in [3.63, 3.8) is 0 Å². The van der Waals surface area contributed by atoms with Gasteiger partial charge in [0.05, 0.1) is 45.8 Å². The van der Waals surface area contributed by atoms with Gasteiger partial charge in [-0.05, 0) is 47.5 Å². The highest BCUT2D eigenvalue weighted by Crippen LogP contribution is 2.39. The Morgan fingerprint density at radius 3 is 1.96 bits per heavy atom. The molecule has 2 rings (SSSR count). The summed E-state index contributed by atoms with van der Waals surface area (Å²) in [5, 5.41) is 9.53. The normalized spacial score (nSPS) is 10.8. The molecule has 0 aliphatic heterocycles. The number of hydrogen-bond donors (Lipinski definition) is 1. The Kier molecular flexibility index (Phi) is 5.75. The highest BCUT2D eigenvalue weighted by Gasteiger charge is 2.13. The summed E-state index contributed by atoms with van der Waals surface area (Å²) in [6.07, 6.45) is 1.73. The number of methoxy groups -OCH3 is 4. The predicted molar refractivity (Wildman–Crippen MR) is 97.0 cm³/mol. The molecule has 0 radical (unpaired) electrons. The van der Waals surface area contributed by atoms with Crippen LogP contribution in [-0.4, -0.2) is 28.4 Å². The van der Waals surface area contributed by atoms with Crippen molar-refractivity contribution in [2.24, 2.45) is 0 Å². The number of nitrogen functional groups attached to an aromatic ring is 1. The average molecular weight is 340 g/mol. The maximum atomic E-state index is 9.53. The molecule has 2 N–H and O–H groups in total. The zero-order valence-electron chi connectivity index (χ0n) is 14.6. The van der Waals surface area contributed by atoms with E-state index in [1.165, 1.54) is 7.11 Å². The molecule has 0 unspecified atom stereocenters. The molecule has 0 heterocycles. The number of nitriles is 1. The topological polar surface area (TPSA) is 86.7 Å². The largest absolute Gasteiger partial charge is 0.495 e. The predicted octanol–water partition coefficient (Wildman–Crippen LogP) is 3.37. The SMILES string of the molecule is COc1ccc(C(C#N)=Cc2cc(OC)c(OC)c(OC)c2)cc1N. The fraction of sp³-hybridized carbons (Fsp3) is 0.211. The van der Waals surface area contributed by atoms with Crippen LogP contribution in [0.3, 0.4) is 0 Å². The van der Waals surface area contributed by atoms with E-state index in [-0.39, 0.29) is 0 Å². The van der Waals surface area contributed by atoms with Crippen molar-refractivity contribution < 1.29 is 18.9 Å². The average Bonchev–Trinajstić information content (AvgIpc) is 2.64. The van der Waals surface area contributed by atoms with Crippen molar-refractivity contribution in [2.45, 2.75) is 0 Å². The Hall–Kier alpha value is -3.33. The summed E-state index contributed by atoms with van der Waals surface area (Å²) in [6, 6.07) is 10.9. The lowest BCUT2D eigenvalue weighted by molar-refractivity contribution is 0.324. The van der Waals surface area contributed by atoms with Gasteiger partial charge in [0.25, 0.3) is 0 Å². The highest BCUT2D eigenvalue weighted by molar-refractivity contribution is 5.91. The number of ether oxygens (including phenoxy) is 4. The van der Waals surface area contributed by atoms with Gasteiger partial charge in [0, 0.05) is 0 Å². The van der Waals surface area contributed by atoms with E-state index in [4.69, 9.17) is 24.7 Å². The van der Waals surface area contributed by atoms with Crippen molar-refractivity contribution in [1.82, 2.24) is 0 Å². The first-order valence-electron chi connectivity index (χ1n) is 7.43. The van der Waals surface area contributed by atoms with E-state index >= 15 is 0 Å². The number of rotatable bonds is 6. The second-order valence-corrected chi connectivity index (χ2v) is 5.09. The van der Waals surface area contributed by atoms with Crippen LogP contribution in [0, 0.1) is 11.3 Å². The second kappa shape index (κ2) is 7.97. The monoisotopic (exact) mass is 340 g/mol. The molecule has 0 aliphatic carbocycles. The molecule has 0 spiro atoms. The third kappa shape index (κ3) is 3.78. The molecule has 6 heteroatoms. The molecule has 130 valence electrons. The standard InChI is InChI=1S/C19H20N2O4/c1-22-16-6-5-13(10-15(16)21)14(11-20)7-12-8-17(23-2)19(25-4)18(9-12)24-3/h5-10H,21H2,1-4H3. The maximum Gasteiger partial charge on any atom is 0.203 e. The summed E-state index contributed by atoms with van der Waals surface area (Å²) in [7, 11) is 6.17. The number of nitrogens with zero attached hydrogens (tertiary/aromatic N) is 1. The van der Waals surface area contributed by atoms with E-state index in [9.17, 15) is 5.26 Å². The lowest BCUT2D eigenvalue weighted by Gasteiger charge is -2.13. The molecule has 2 aromatic rings. The molecule has 0 saturated carbocycles. The summed E-state index contributed by atoms with van der Waals surface area (Å²) in [4.78, 5) is 0. The van der Waals surface area contributed by atoms with Crippen LogP contribution in [0.2, 0.25) is 0 Å². The summed E-state index contributed by atoms with van der Waals surface area (Å²) in [6.45, 7) is 0. The second-order valence-electron chi connectivity index (χ2n) is 5.09. The fourth-order valence-corrected chi connectivity index (χ4v) is 2.43. The summed E-state index contributed by atoms with van der Waals surface area (Å²) < 4.78 is 21.1. The Balaban J connectivity index is 2.53. The number of anilines is 1. The summed E-state index contributed by atoms with van der Waals surface area (Å²) in [5.74, 6) is 2.09. The van der Waals surface area contributed by atoms with Crippen LogP contribution >= 0.6 is 0 Å². The quantitative estimate of drug-likeness (QED) is 0.493. The van der Waals surface area contributed by atoms with Crippen LogP contribution in [0.1, 0.15) is 11.1 Å². The van der Waals surface area contributed by atoms with Crippen molar-refractivity contribution in [3.8, 4) is 29.1 Å². The molecule has 25 heavy (non-hydrogen) atoms. The van der Waals surface area contributed by atoms with Gasteiger partial charge >= 0.3 is 0 Å².